The number of amides is 1. The van der Waals surface area contributed by atoms with Gasteiger partial charge in [0.2, 0.25) is 11.8 Å². The molecule has 0 aliphatic rings. The van der Waals surface area contributed by atoms with E-state index in [-0.39, 0.29) is 29.0 Å². The van der Waals surface area contributed by atoms with Gasteiger partial charge >= 0.3 is 0 Å². The molecule has 1 amide bonds. The Hall–Kier alpha value is -3.99. The number of carbonyl (C=O) groups is 1. The van der Waals surface area contributed by atoms with Gasteiger partial charge in [-0.3, -0.25) is 4.79 Å². The number of aromatic nitrogens is 2. The summed E-state index contributed by atoms with van der Waals surface area (Å²) in [5.41, 5.74) is 12.4. The summed E-state index contributed by atoms with van der Waals surface area (Å²) in [7, 11) is 2.87. The molecule has 3 rings (SSSR count). The summed E-state index contributed by atoms with van der Waals surface area (Å²) in [6.07, 6.45) is 0. The Kier molecular flexibility index (Phi) is 7.23. The quantitative estimate of drug-likeness (QED) is 0.384. The second kappa shape index (κ2) is 10.1. The number of primary amides is 1. The topological polar surface area (TPSA) is 137 Å². The third-order valence-electron chi connectivity index (χ3n) is 4.75. The molecule has 2 heterocycles. The molecule has 2 aromatic heterocycles. The minimum Gasteiger partial charge on any atom is -0.481 e. The number of ether oxygens (including phenoxy) is 2. The van der Waals surface area contributed by atoms with E-state index in [1.807, 2.05) is 0 Å². The first-order chi connectivity index (χ1) is 15.7. The highest BCUT2D eigenvalue weighted by molar-refractivity contribution is 5.98. The zero-order valence-electron chi connectivity index (χ0n) is 18.2. The number of carbonyl (C=O) groups excluding carboxylic acids is 1. The maximum absolute atomic E-state index is 14.9. The number of hydrogen-bond acceptors (Lipinski definition) is 8. The van der Waals surface area contributed by atoms with Crippen molar-refractivity contribution in [3.05, 3.63) is 65.2 Å². The number of hydrogen-bond donors (Lipinski definition) is 4. The second-order valence-corrected chi connectivity index (χ2v) is 7.18. The van der Waals surface area contributed by atoms with Crippen molar-refractivity contribution in [2.45, 2.75) is 19.0 Å². The number of nitrogens with two attached hydrogens (primary N) is 2. The molecule has 0 unspecified atom stereocenters. The first-order valence-corrected chi connectivity index (χ1v) is 9.86. The molecule has 3 aromatic rings. The molecule has 0 radical (unpaired) electrons. The Balaban J connectivity index is 2.01. The summed E-state index contributed by atoms with van der Waals surface area (Å²) >= 11 is 0. The summed E-state index contributed by atoms with van der Waals surface area (Å²) in [5, 5.41) is 5.85. The molecule has 0 bridgehead atoms. The summed E-state index contributed by atoms with van der Waals surface area (Å²) in [6.45, 7) is 1.71. The molecular weight excluding hydrogens is 434 g/mol. The predicted molar refractivity (Wildman–Crippen MR) is 120 cm³/mol. The SMILES string of the molecule is COc1cc(Nc2nc(N[C@H](c3ccc(F)cc3)[C@H](C)N)c(F)cc2C(N)=O)cc(OC)n1. The van der Waals surface area contributed by atoms with E-state index in [1.54, 1.807) is 19.1 Å². The third-order valence-corrected chi connectivity index (χ3v) is 4.75. The predicted octanol–water partition coefficient (Wildman–Crippen LogP) is 3.11. The number of halogens is 2. The Labute approximate surface area is 189 Å². The van der Waals surface area contributed by atoms with Crippen LogP contribution in [0.15, 0.2) is 42.5 Å². The van der Waals surface area contributed by atoms with Gasteiger partial charge in [-0.05, 0) is 30.7 Å². The summed E-state index contributed by atoms with van der Waals surface area (Å²) < 4.78 is 38.5. The zero-order valence-corrected chi connectivity index (χ0v) is 18.2. The molecule has 0 aliphatic carbocycles. The molecule has 174 valence electrons. The van der Waals surface area contributed by atoms with Crippen molar-refractivity contribution in [2.24, 2.45) is 11.5 Å². The molecule has 9 nitrogen and oxygen atoms in total. The number of pyridine rings is 2. The van der Waals surface area contributed by atoms with E-state index in [1.165, 1.54) is 38.5 Å². The number of rotatable bonds is 9. The molecule has 33 heavy (non-hydrogen) atoms. The Morgan fingerprint density at radius 3 is 2.12 bits per heavy atom. The van der Waals surface area contributed by atoms with Gasteiger partial charge in [0.15, 0.2) is 11.6 Å². The van der Waals surface area contributed by atoms with E-state index in [2.05, 4.69) is 20.6 Å². The van der Waals surface area contributed by atoms with Gasteiger partial charge in [0.25, 0.3) is 5.91 Å². The van der Waals surface area contributed by atoms with E-state index < -0.39 is 29.6 Å². The Morgan fingerprint density at radius 1 is 1.00 bits per heavy atom. The van der Waals surface area contributed by atoms with Gasteiger partial charge in [0.05, 0.1) is 31.5 Å². The van der Waals surface area contributed by atoms with E-state index in [0.717, 1.165) is 6.07 Å². The molecule has 1 aromatic carbocycles. The number of anilines is 3. The van der Waals surface area contributed by atoms with Crippen molar-refractivity contribution >= 4 is 23.2 Å². The average molecular weight is 458 g/mol. The number of nitrogens with zero attached hydrogens (tertiary/aromatic N) is 2. The largest absolute Gasteiger partial charge is 0.481 e. The van der Waals surface area contributed by atoms with Crippen molar-refractivity contribution in [3.8, 4) is 11.8 Å². The highest BCUT2D eigenvalue weighted by atomic mass is 19.1. The van der Waals surface area contributed by atoms with Crippen LogP contribution >= 0.6 is 0 Å². The maximum Gasteiger partial charge on any atom is 0.252 e. The smallest absolute Gasteiger partial charge is 0.252 e. The van der Waals surface area contributed by atoms with Crippen LogP contribution in [0.4, 0.5) is 26.1 Å². The fourth-order valence-electron chi connectivity index (χ4n) is 3.11. The normalized spacial score (nSPS) is 12.5. The fraction of sp³-hybridized carbons (Fsp3) is 0.227. The fourth-order valence-corrected chi connectivity index (χ4v) is 3.11. The van der Waals surface area contributed by atoms with Crippen LogP contribution in [0.3, 0.4) is 0 Å². The van der Waals surface area contributed by atoms with Crippen molar-refractivity contribution in [2.75, 3.05) is 24.9 Å². The van der Waals surface area contributed by atoms with Gasteiger partial charge in [-0.25, -0.2) is 13.8 Å². The van der Waals surface area contributed by atoms with Gasteiger partial charge in [-0.2, -0.15) is 4.98 Å². The van der Waals surface area contributed by atoms with Gasteiger partial charge in [0, 0.05) is 18.2 Å². The molecule has 0 spiro atoms. The molecule has 2 atom stereocenters. The molecule has 6 N–H and O–H groups in total. The monoisotopic (exact) mass is 458 g/mol. The highest BCUT2D eigenvalue weighted by Crippen LogP contribution is 2.29. The lowest BCUT2D eigenvalue weighted by Crippen LogP contribution is -2.31. The Bertz CT molecular complexity index is 1120. The lowest BCUT2D eigenvalue weighted by atomic mass is 10.0. The summed E-state index contributed by atoms with van der Waals surface area (Å²) in [6, 6.07) is 8.61. The Morgan fingerprint density at radius 2 is 1.61 bits per heavy atom. The first kappa shape index (κ1) is 23.7. The van der Waals surface area contributed by atoms with Crippen LogP contribution in [0.25, 0.3) is 0 Å². The van der Waals surface area contributed by atoms with Gasteiger partial charge in [-0.1, -0.05) is 12.1 Å². The van der Waals surface area contributed by atoms with Crippen molar-refractivity contribution in [3.63, 3.8) is 0 Å². The molecule has 0 aliphatic heterocycles. The second-order valence-electron chi connectivity index (χ2n) is 7.18. The van der Waals surface area contributed by atoms with Crippen LogP contribution in [0.2, 0.25) is 0 Å². The number of methoxy groups -OCH3 is 2. The zero-order chi connectivity index (χ0) is 24.1. The van der Waals surface area contributed by atoms with Crippen LogP contribution in [0, 0.1) is 11.6 Å². The summed E-state index contributed by atoms with van der Waals surface area (Å²) in [4.78, 5) is 20.3. The molecule has 0 fully saturated rings. The highest BCUT2D eigenvalue weighted by Gasteiger charge is 2.22. The molecule has 0 saturated heterocycles. The van der Waals surface area contributed by atoms with Gasteiger partial charge in [-0.15, -0.1) is 0 Å². The summed E-state index contributed by atoms with van der Waals surface area (Å²) in [5.74, 6) is -1.81. The van der Waals surface area contributed by atoms with Crippen LogP contribution in [0.1, 0.15) is 28.9 Å². The van der Waals surface area contributed by atoms with Crippen molar-refractivity contribution < 1.29 is 23.0 Å². The number of benzene rings is 1. The van der Waals surface area contributed by atoms with Crippen molar-refractivity contribution in [1.29, 1.82) is 0 Å². The minimum atomic E-state index is -0.884. The molecular formula is C22H24F2N6O3. The lowest BCUT2D eigenvalue weighted by molar-refractivity contribution is 0.100. The van der Waals surface area contributed by atoms with Gasteiger partial charge < -0.3 is 31.6 Å². The van der Waals surface area contributed by atoms with E-state index in [9.17, 15) is 13.6 Å². The maximum atomic E-state index is 14.9. The van der Waals surface area contributed by atoms with E-state index >= 15 is 0 Å². The molecule has 0 saturated carbocycles. The lowest BCUT2D eigenvalue weighted by Gasteiger charge is -2.24. The minimum absolute atomic E-state index is 0.00997. The van der Waals surface area contributed by atoms with Crippen molar-refractivity contribution in [1.82, 2.24) is 9.97 Å². The molecule has 11 heteroatoms. The third kappa shape index (κ3) is 5.63. The standard InChI is InChI=1S/C22H24F2N6O3/c1-11(25)19(12-4-6-13(23)7-5-12)29-22-16(24)10-15(20(26)31)21(30-22)27-14-8-17(32-2)28-18(9-14)33-3/h4-11,19H,25H2,1-3H3,(H2,26,31)(H2,27,28,29,30)/t11-,19-/m0/s1. The van der Waals surface area contributed by atoms with Crippen LogP contribution < -0.4 is 31.6 Å². The van der Waals surface area contributed by atoms with Crippen LogP contribution in [-0.2, 0) is 0 Å². The van der Waals surface area contributed by atoms with Crippen LogP contribution in [-0.4, -0.2) is 36.1 Å². The number of nitrogens with one attached hydrogen (secondary N) is 2. The first-order valence-electron chi connectivity index (χ1n) is 9.86. The van der Waals surface area contributed by atoms with Gasteiger partial charge in [0.1, 0.15) is 11.6 Å². The average Bonchev–Trinajstić information content (AvgIpc) is 2.79. The van der Waals surface area contributed by atoms with E-state index in [0.29, 0.717) is 11.3 Å². The van der Waals surface area contributed by atoms with Crippen LogP contribution in [0.5, 0.6) is 11.8 Å². The van der Waals surface area contributed by atoms with E-state index in [4.69, 9.17) is 20.9 Å².